The Morgan fingerprint density at radius 1 is 0.941 bits per heavy atom. The molecule has 0 unspecified atom stereocenters. The molecule has 176 valence electrons. The average molecular weight is 480 g/mol. The molecule has 4 rings (SSSR count). The zero-order valence-electron chi connectivity index (χ0n) is 19.1. The summed E-state index contributed by atoms with van der Waals surface area (Å²) in [6.07, 6.45) is 4.65. The van der Waals surface area contributed by atoms with E-state index in [9.17, 15) is 19.2 Å². The summed E-state index contributed by atoms with van der Waals surface area (Å²) in [5, 5.41) is 5.67. The van der Waals surface area contributed by atoms with Gasteiger partial charge in [0.15, 0.2) is 5.78 Å². The van der Waals surface area contributed by atoms with E-state index in [4.69, 9.17) is 11.6 Å². The number of anilines is 2. The van der Waals surface area contributed by atoms with Gasteiger partial charge in [0.1, 0.15) is 10.7 Å². The number of benzene rings is 2. The van der Waals surface area contributed by atoms with Gasteiger partial charge in [-0.25, -0.2) is 0 Å². The average Bonchev–Trinajstić information content (AvgIpc) is 3.04. The lowest BCUT2D eigenvalue weighted by atomic mass is 9.94. The first-order valence-corrected chi connectivity index (χ1v) is 11.7. The van der Waals surface area contributed by atoms with Gasteiger partial charge in [0.2, 0.25) is 0 Å². The van der Waals surface area contributed by atoms with Crippen LogP contribution in [0.2, 0.25) is 0 Å². The fourth-order valence-corrected chi connectivity index (χ4v) is 4.54. The lowest BCUT2D eigenvalue weighted by Gasteiger charge is -2.29. The maximum absolute atomic E-state index is 13.1. The number of rotatable bonds is 6. The molecule has 1 aliphatic carbocycles. The van der Waals surface area contributed by atoms with Gasteiger partial charge in [0.25, 0.3) is 17.7 Å². The third-order valence-electron chi connectivity index (χ3n) is 6.31. The van der Waals surface area contributed by atoms with E-state index in [2.05, 4.69) is 10.6 Å². The molecule has 7 nitrogen and oxygen atoms in total. The number of halogens is 1. The quantitative estimate of drug-likeness (QED) is 0.448. The molecule has 0 aromatic heterocycles. The van der Waals surface area contributed by atoms with E-state index < -0.39 is 11.8 Å². The van der Waals surface area contributed by atoms with Crippen LogP contribution in [0.3, 0.4) is 0 Å². The van der Waals surface area contributed by atoms with Crippen LogP contribution >= 0.6 is 11.6 Å². The number of carbonyl (C=O) groups is 4. The number of nitrogens with zero attached hydrogens (tertiary/aromatic N) is 1. The summed E-state index contributed by atoms with van der Waals surface area (Å²) >= 11 is 6.29. The lowest BCUT2D eigenvalue weighted by molar-refractivity contribution is -0.140. The van der Waals surface area contributed by atoms with Crippen LogP contribution < -0.4 is 10.6 Å². The molecule has 1 saturated carbocycles. The highest BCUT2D eigenvalue weighted by Gasteiger charge is 2.42. The highest BCUT2D eigenvalue weighted by molar-refractivity contribution is 6.48. The van der Waals surface area contributed by atoms with Crippen LogP contribution in [0.25, 0.3) is 0 Å². The summed E-state index contributed by atoms with van der Waals surface area (Å²) in [5.41, 5.74) is 2.81. The van der Waals surface area contributed by atoms with E-state index in [0.717, 1.165) is 37.7 Å². The van der Waals surface area contributed by atoms with Crippen LogP contribution in [-0.2, 0) is 9.59 Å². The number of Topliss-reactive ketones (excluding diaryl/α,β-unsaturated/α-hetero) is 1. The summed E-state index contributed by atoms with van der Waals surface area (Å²) in [5.74, 6) is -1.30. The van der Waals surface area contributed by atoms with E-state index in [-0.39, 0.29) is 28.5 Å². The Labute approximate surface area is 203 Å². The predicted octanol–water partition coefficient (Wildman–Crippen LogP) is 5.01. The van der Waals surface area contributed by atoms with Gasteiger partial charge in [-0.05, 0) is 68.7 Å². The molecule has 1 aliphatic heterocycles. The van der Waals surface area contributed by atoms with Crippen molar-refractivity contribution < 1.29 is 19.2 Å². The van der Waals surface area contributed by atoms with Crippen molar-refractivity contribution in [3.05, 3.63) is 69.9 Å². The van der Waals surface area contributed by atoms with E-state index in [1.54, 1.807) is 42.5 Å². The second-order valence-electron chi connectivity index (χ2n) is 8.70. The molecular formula is C26H26ClN3O4. The van der Waals surface area contributed by atoms with E-state index >= 15 is 0 Å². The minimum atomic E-state index is -0.471. The van der Waals surface area contributed by atoms with Crippen LogP contribution in [-0.4, -0.2) is 34.4 Å². The van der Waals surface area contributed by atoms with Crippen LogP contribution in [0.1, 0.15) is 65.3 Å². The number of imide groups is 1. The molecule has 2 aromatic rings. The fourth-order valence-electron chi connectivity index (χ4n) is 4.32. The van der Waals surface area contributed by atoms with Gasteiger partial charge in [-0.1, -0.05) is 36.9 Å². The summed E-state index contributed by atoms with van der Waals surface area (Å²) in [6, 6.07) is 11.5. The Balaban J connectivity index is 1.51. The Bertz CT molecular complexity index is 1200. The summed E-state index contributed by atoms with van der Waals surface area (Å²) in [7, 11) is 0. The van der Waals surface area contributed by atoms with Crippen molar-refractivity contribution in [2.75, 3.05) is 10.6 Å². The first-order chi connectivity index (χ1) is 16.3. The third kappa shape index (κ3) is 4.75. The van der Waals surface area contributed by atoms with Crippen molar-refractivity contribution in [3.8, 4) is 0 Å². The van der Waals surface area contributed by atoms with Gasteiger partial charge in [-0.2, -0.15) is 0 Å². The minimum absolute atomic E-state index is 0.0396. The van der Waals surface area contributed by atoms with E-state index in [0.29, 0.717) is 22.5 Å². The molecule has 3 amide bonds. The molecular weight excluding hydrogens is 454 g/mol. The van der Waals surface area contributed by atoms with Gasteiger partial charge in [0, 0.05) is 28.5 Å². The molecule has 1 fully saturated rings. The van der Waals surface area contributed by atoms with E-state index in [1.165, 1.54) is 11.8 Å². The largest absolute Gasteiger partial charge is 0.349 e. The molecule has 2 aliphatic rings. The number of nitrogens with one attached hydrogen (secondary N) is 2. The number of ketones is 1. The normalized spacial score (nSPS) is 16.7. The molecule has 0 bridgehead atoms. The van der Waals surface area contributed by atoms with Gasteiger partial charge >= 0.3 is 0 Å². The van der Waals surface area contributed by atoms with Gasteiger partial charge < -0.3 is 10.6 Å². The number of aryl methyl sites for hydroxylation is 1. The second-order valence-corrected chi connectivity index (χ2v) is 9.08. The van der Waals surface area contributed by atoms with E-state index in [1.807, 2.05) is 6.92 Å². The van der Waals surface area contributed by atoms with Gasteiger partial charge in [0.05, 0.1) is 0 Å². The molecule has 0 spiro atoms. The molecule has 2 aromatic carbocycles. The molecule has 2 N–H and O–H groups in total. The zero-order chi connectivity index (χ0) is 24.4. The number of hydrogen-bond acceptors (Lipinski definition) is 5. The summed E-state index contributed by atoms with van der Waals surface area (Å²) < 4.78 is 0. The van der Waals surface area contributed by atoms with Crippen molar-refractivity contribution in [2.24, 2.45) is 0 Å². The number of hydrogen-bond donors (Lipinski definition) is 2. The lowest BCUT2D eigenvalue weighted by Crippen LogP contribution is -2.42. The molecule has 0 saturated heterocycles. The topological polar surface area (TPSA) is 95.6 Å². The predicted molar refractivity (Wildman–Crippen MR) is 131 cm³/mol. The van der Waals surface area contributed by atoms with Crippen LogP contribution in [0.5, 0.6) is 0 Å². The molecule has 34 heavy (non-hydrogen) atoms. The minimum Gasteiger partial charge on any atom is -0.349 e. The standard InChI is InChI=1S/C26H26ClN3O4/c1-15-8-9-18(24(32)28-19-12-10-17(11-13-19)16(2)31)14-21(15)29-23-22(27)25(33)30(26(23)34)20-6-4-3-5-7-20/h8-14,20,29H,3-7H2,1-2H3,(H,28,32). The Hall–Kier alpha value is -3.45. The van der Waals surface area contributed by atoms with Crippen molar-refractivity contribution in [2.45, 2.75) is 52.0 Å². The summed E-state index contributed by atoms with van der Waals surface area (Å²) in [6.45, 7) is 3.31. The number of carbonyl (C=O) groups excluding carboxylic acids is 4. The highest BCUT2D eigenvalue weighted by Crippen LogP contribution is 2.33. The van der Waals surface area contributed by atoms with Gasteiger partial charge in [-0.15, -0.1) is 0 Å². The van der Waals surface area contributed by atoms with Crippen LogP contribution in [0.15, 0.2) is 53.2 Å². The second kappa shape index (κ2) is 9.81. The first kappa shape index (κ1) is 23.7. The molecule has 0 atom stereocenters. The molecule has 8 heteroatoms. The SMILES string of the molecule is CC(=O)c1ccc(NC(=O)c2ccc(C)c(NC3=C(Cl)C(=O)N(C4CCCCC4)C3=O)c2)cc1. The maximum atomic E-state index is 13.1. The Morgan fingerprint density at radius 2 is 1.59 bits per heavy atom. The van der Waals surface area contributed by atoms with Crippen molar-refractivity contribution in [3.63, 3.8) is 0 Å². The van der Waals surface area contributed by atoms with Crippen molar-refractivity contribution >= 4 is 46.5 Å². The van der Waals surface area contributed by atoms with Crippen molar-refractivity contribution in [1.82, 2.24) is 4.90 Å². The molecule has 0 radical (unpaired) electrons. The zero-order valence-corrected chi connectivity index (χ0v) is 19.9. The van der Waals surface area contributed by atoms with Crippen molar-refractivity contribution in [1.29, 1.82) is 0 Å². The smallest absolute Gasteiger partial charge is 0.279 e. The Kier molecular flexibility index (Phi) is 6.84. The highest BCUT2D eigenvalue weighted by atomic mass is 35.5. The number of amides is 3. The van der Waals surface area contributed by atoms with Crippen LogP contribution in [0, 0.1) is 6.92 Å². The Morgan fingerprint density at radius 3 is 2.24 bits per heavy atom. The monoisotopic (exact) mass is 479 g/mol. The fraction of sp³-hybridized carbons (Fsp3) is 0.308. The van der Waals surface area contributed by atoms with Crippen LogP contribution in [0.4, 0.5) is 11.4 Å². The third-order valence-corrected chi connectivity index (χ3v) is 6.66. The maximum Gasteiger partial charge on any atom is 0.279 e. The summed E-state index contributed by atoms with van der Waals surface area (Å²) in [4.78, 5) is 51.3. The first-order valence-electron chi connectivity index (χ1n) is 11.3. The van der Waals surface area contributed by atoms with Gasteiger partial charge in [-0.3, -0.25) is 24.1 Å². The molecule has 1 heterocycles.